The van der Waals surface area contributed by atoms with E-state index >= 15 is 0 Å². The molecule has 2 rings (SSSR count). The van der Waals surface area contributed by atoms with Gasteiger partial charge in [0.05, 0.1) is 0 Å². The minimum absolute atomic E-state index is 0.752. The molecule has 0 spiro atoms. The maximum Gasteiger partial charge on any atom is 0.0101 e. The Balaban J connectivity index is 1.91. The smallest absolute Gasteiger partial charge is 0.0101 e. The third-order valence-electron chi connectivity index (χ3n) is 5.39. The predicted molar refractivity (Wildman–Crippen MR) is 83.1 cm³/mol. The molecule has 4 atom stereocenters. The molecule has 1 saturated carbocycles. The van der Waals surface area contributed by atoms with E-state index in [-0.39, 0.29) is 0 Å². The van der Waals surface area contributed by atoms with E-state index in [1.54, 1.807) is 0 Å². The molecule has 0 amide bonds. The second kappa shape index (κ2) is 7.08. The molecule has 0 aromatic carbocycles. The van der Waals surface area contributed by atoms with Gasteiger partial charge in [0.25, 0.3) is 0 Å². The predicted octanol–water partition coefficient (Wildman–Crippen LogP) is 3.65. The van der Waals surface area contributed by atoms with Gasteiger partial charge in [0.2, 0.25) is 0 Å². The summed E-state index contributed by atoms with van der Waals surface area (Å²) in [6, 6.07) is 1.63. The highest BCUT2D eigenvalue weighted by Crippen LogP contribution is 2.35. The summed E-state index contributed by atoms with van der Waals surface area (Å²) in [6.07, 6.45) is 9.91. The van der Waals surface area contributed by atoms with Gasteiger partial charge in [-0.15, -0.1) is 0 Å². The van der Waals surface area contributed by atoms with Crippen molar-refractivity contribution in [3.8, 4) is 0 Å². The quantitative estimate of drug-likeness (QED) is 0.841. The van der Waals surface area contributed by atoms with Gasteiger partial charge in [0, 0.05) is 18.6 Å². The van der Waals surface area contributed by atoms with Crippen molar-refractivity contribution in [2.45, 2.75) is 77.8 Å². The van der Waals surface area contributed by atoms with Gasteiger partial charge in [-0.1, -0.05) is 26.7 Å². The van der Waals surface area contributed by atoms with Crippen molar-refractivity contribution in [2.24, 2.45) is 23.5 Å². The maximum absolute atomic E-state index is 5.91. The number of piperidine rings is 1. The normalized spacial score (nSPS) is 37.7. The Morgan fingerprint density at radius 1 is 1.11 bits per heavy atom. The highest BCUT2D eigenvalue weighted by Gasteiger charge is 2.33. The minimum Gasteiger partial charge on any atom is -0.330 e. The summed E-state index contributed by atoms with van der Waals surface area (Å²) in [6.45, 7) is 9.32. The van der Waals surface area contributed by atoms with Gasteiger partial charge in [-0.2, -0.15) is 0 Å². The van der Waals surface area contributed by atoms with E-state index in [0.29, 0.717) is 0 Å². The summed E-state index contributed by atoms with van der Waals surface area (Å²) < 4.78 is 0. The summed E-state index contributed by atoms with van der Waals surface area (Å²) >= 11 is 0. The molecule has 2 heteroatoms. The maximum atomic E-state index is 5.91. The van der Waals surface area contributed by atoms with E-state index in [9.17, 15) is 0 Å². The zero-order valence-electron chi connectivity index (χ0n) is 13.3. The fraction of sp³-hybridized carbons (Fsp3) is 1.00. The molecule has 1 heterocycles. The van der Waals surface area contributed by atoms with Crippen LogP contribution in [0.3, 0.4) is 0 Å². The lowest BCUT2D eigenvalue weighted by Gasteiger charge is -2.45. The largest absolute Gasteiger partial charge is 0.330 e. The average Bonchev–Trinajstić information content (AvgIpc) is 2.39. The zero-order valence-corrected chi connectivity index (χ0v) is 13.3. The SMILES string of the molecule is CC(C)CC1CCCC(N2CC(CN)CCC2C)C1. The first-order chi connectivity index (χ1) is 9.10. The van der Waals surface area contributed by atoms with Gasteiger partial charge in [-0.25, -0.2) is 0 Å². The molecule has 0 bridgehead atoms. The van der Waals surface area contributed by atoms with Crippen LogP contribution in [0.15, 0.2) is 0 Å². The summed E-state index contributed by atoms with van der Waals surface area (Å²) in [5.74, 6) is 2.59. The van der Waals surface area contributed by atoms with Crippen LogP contribution in [-0.2, 0) is 0 Å². The number of likely N-dealkylation sites (tertiary alicyclic amines) is 1. The Morgan fingerprint density at radius 3 is 2.58 bits per heavy atom. The average molecular weight is 266 g/mol. The van der Waals surface area contributed by atoms with Gasteiger partial charge < -0.3 is 5.73 Å². The number of hydrogen-bond donors (Lipinski definition) is 1. The highest BCUT2D eigenvalue weighted by molar-refractivity contribution is 4.88. The van der Waals surface area contributed by atoms with Crippen molar-refractivity contribution >= 4 is 0 Å². The van der Waals surface area contributed by atoms with Gasteiger partial charge in [0.1, 0.15) is 0 Å². The molecule has 2 N–H and O–H groups in total. The van der Waals surface area contributed by atoms with Crippen molar-refractivity contribution in [3.05, 3.63) is 0 Å². The number of nitrogens with two attached hydrogens (primary N) is 1. The second-order valence-electron chi connectivity index (χ2n) is 7.54. The van der Waals surface area contributed by atoms with Crippen molar-refractivity contribution in [1.29, 1.82) is 0 Å². The van der Waals surface area contributed by atoms with Gasteiger partial charge >= 0.3 is 0 Å². The van der Waals surface area contributed by atoms with Gasteiger partial charge in [-0.05, 0) is 63.3 Å². The molecule has 2 nitrogen and oxygen atoms in total. The van der Waals surface area contributed by atoms with Crippen LogP contribution in [0.1, 0.15) is 65.7 Å². The molecule has 0 radical (unpaired) electrons. The lowest BCUT2D eigenvalue weighted by atomic mass is 9.79. The summed E-state index contributed by atoms with van der Waals surface area (Å²) in [5.41, 5.74) is 5.91. The first-order valence-corrected chi connectivity index (χ1v) is 8.56. The molecule has 4 unspecified atom stereocenters. The van der Waals surface area contributed by atoms with Crippen LogP contribution in [0, 0.1) is 17.8 Å². The highest BCUT2D eigenvalue weighted by atomic mass is 15.2. The number of hydrogen-bond acceptors (Lipinski definition) is 2. The third-order valence-corrected chi connectivity index (χ3v) is 5.39. The Hall–Kier alpha value is -0.0800. The first kappa shape index (κ1) is 15.3. The van der Waals surface area contributed by atoms with Gasteiger partial charge in [0.15, 0.2) is 0 Å². The van der Waals surface area contributed by atoms with E-state index in [1.807, 2.05) is 0 Å². The Labute approximate surface area is 120 Å². The van der Waals surface area contributed by atoms with E-state index in [4.69, 9.17) is 5.73 Å². The van der Waals surface area contributed by atoms with E-state index in [1.165, 1.54) is 51.5 Å². The van der Waals surface area contributed by atoms with Crippen molar-refractivity contribution in [3.63, 3.8) is 0 Å². The van der Waals surface area contributed by atoms with Crippen LogP contribution in [0.25, 0.3) is 0 Å². The molecule has 2 aliphatic rings. The molecule has 112 valence electrons. The van der Waals surface area contributed by atoms with Crippen LogP contribution in [-0.4, -0.2) is 30.1 Å². The summed E-state index contributed by atoms with van der Waals surface area (Å²) in [5, 5.41) is 0. The fourth-order valence-electron chi connectivity index (χ4n) is 4.36. The second-order valence-corrected chi connectivity index (χ2v) is 7.54. The van der Waals surface area contributed by atoms with E-state index < -0.39 is 0 Å². The molecule has 1 aliphatic carbocycles. The van der Waals surface area contributed by atoms with Crippen LogP contribution in [0.4, 0.5) is 0 Å². The van der Waals surface area contributed by atoms with Crippen LogP contribution in [0.2, 0.25) is 0 Å². The van der Waals surface area contributed by atoms with Crippen molar-refractivity contribution < 1.29 is 0 Å². The van der Waals surface area contributed by atoms with Crippen molar-refractivity contribution in [1.82, 2.24) is 4.90 Å². The van der Waals surface area contributed by atoms with Crippen LogP contribution in [0.5, 0.6) is 0 Å². The molecular formula is C17H34N2. The zero-order chi connectivity index (χ0) is 13.8. The number of rotatable bonds is 4. The van der Waals surface area contributed by atoms with Crippen molar-refractivity contribution in [2.75, 3.05) is 13.1 Å². The molecule has 19 heavy (non-hydrogen) atoms. The molecule has 0 aromatic rings. The molecular weight excluding hydrogens is 232 g/mol. The van der Waals surface area contributed by atoms with Gasteiger partial charge in [-0.3, -0.25) is 4.90 Å². The Kier molecular flexibility index (Phi) is 5.70. The first-order valence-electron chi connectivity index (χ1n) is 8.56. The molecule has 1 saturated heterocycles. The lowest BCUT2D eigenvalue weighted by Crippen LogP contribution is -2.50. The Bertz CT molecular complexity index is 264. The van der Waals surface area contributed by atoms with E-state index in [2.05, 4.69) is 25.7 Å². The van der Waals surface area contributed by atoms with E-state index in [0.717, 1.165) is 36.4 Å². The monoisotopic (exact) mass is 266 g/mol. The Morgan fingerprint density at radius 2 is 1.89 bits per heavy atom. The lowest BCUT2D eigenvalue weighted by molar-refractivity contribution is 0.0406. The topological polar surface area (TPSA) is 29.3 Å². The number of nitrogens with zero attached hydrogens (tertiary/aromatic N) is 1. The third kappa shape index (κ3) is 4.19. The fourth-order valence-corrected chi connectivity index (χ4v) is 4.36. The standard InChI is InChI=1S/C17H34N2/c1-13(2)9-15-5-4-6-17(10-15)19-12-16(11-18)8-7-14(19)3/h13-17H,4-12,18H2,1-3H3. The van der Waals surface area contributed by atoms with Crippen LogP contribution >= 0.6 is 0 Å². The summed E-state index contributed by atoms with van der Waals surface area (Å²) in [7, 11) is 0. The molecule has 1 aliphatic heterocycles. The minimum atomic E-state index is 0.752. The summed E-state index contributed by atoms with van der Waals surface area (Å²) in [4.78, 5) is 2.81. The molecule has 2 fully saturated rings. The van der Waals surface area contributed by atoms with Crippen LogP contribution < -0.4 is 5.73 Å². The molecule has 0 aromatic heterocycles.